The molecule has 47 heavy (non-hydrogen) atoms. The van der Waals surface area contributed by atoms with Crippen LogP contribution in [0.25, 0.3) is 0 Å². The highest BCUT2D eigenvalue weighted by Gasteiger charge is 2.74. The van der Waals surface area contributed by atoms with Crippen molar-refractivity contribution in [2.24, 2.45) is 39.4 Å². The fourth-order valence-electron chi connectivity index (χ4n) is 11.9. The topological polar surface area (TPSA) is 99.1 Å². The first-order valence-electron chi connectivity index (χ1n) is 18.5. The zero-order valence-corrected chi connectivity index (χ0v) is 28.8. The number of benzene rings is 1. The predicted molar refractivity (Wildman–Crippen MR) is 184 cm³/mol. The molecule has 0 aromatic heterocycles. The van der Waals surface area contributed by atoms with Gasteiger partial charge in [-0.1, -0.05) is 69.5 Å². The van der Waals surface area contributed by atoms with Crippen molar-refractivity contribution in [3.8, 4) is 0 Å². The van der Waals surface area contributed by atoms with Crippen LogP contribution >= 0.6 is 0 Å². The number of para-hydroxylation sites is 1. The molecule has 8 atom stereocenters. The number of allylic oxidation sites excluding steroid dienone is 4. The number of rotatable bonds is 9. The molecule has 7 nitrogen and oxygen atoms in total. The molecule has 2 spiro atoms. The van der Waals surface area contributed by atoms with Crippen molar-refractivity contribution < 1.29 is 24.5 Å². The number of amides is 2. The molecule has 7 aliphatic carbocycles. The van der Waals surface area contributed by atoms with Crippen molar-refractivity contribution in [2.45, 2.75) is 109 Å². The molecule has 2 bridgehead atoms. The number of fused-ring (bicyclic) bond motifs is 1. The summed E-state index contributed by atoms with van der Waals surface area (Å²) >= 11 is 0. The molecule has 8 rings (SSSR count). The van der Waals surface area contributed by atoms with Crippen molar-refractivity contribution in [2.75, 3.05) is 32.1 Å². The Bertz CT molecular complexity index is 1420. The molecule has 4 fully saturated rings. The molecule has 3 N–H and O–H groups in total. The summed E-state index contributed by atoms with van der Waals surface area (Å²) in [5.41, 5.74) is -0.611. The van der Waals surface area contributed by atoms with Crippen LogP contribution in [0.4, 0.5) is 10.5 Å². The molecular weight excluding hydrogens is 588 g/mol. The number of carbonyl (C=O) groups is 2. The van der Waals surface area contributed by atoms with E-state index in [0.717, 1.165) is 69.0 Å². The number of urea groups is 1. The molecule has 256 valence electrons. The van der Waals surface area contributed by atoms with Crippen LogP contribution in [0.3, 0.4) is 0 Å². The van der Waals surface area contributed by atoms with Crippen LogP contribution in [0.5, 0.6) is 0 Å². The van der Waals surface area contributed by atoms with Gasteiger partial charge in [0.1, 0.15) is 0 Å². The third kappa shape index (κ3) is 5.00. The first-order chi connectivity index (χ1) is 22.5. The number of aliphatic hydroxyl groups excluding tert-OH is 1. The van der Waals surface area contributed by atoms with Gasteiger partial charge in [0.15, 0.2) is 5.78 Å². The lowest BCUT2D eigenvalue weighted by Gasteiger charge is -2.71. The van der Waals surface area contributed by atoms with Crippen LogP contribution < -0.4 is 5.32 Å². The van der Waals surface area contributed by atoms with E-state index in [1.165, 1.54) is 6.42 Å². The first-order valence-corrected chi connectivity index (χ1v) is 18.5. The van der Waals surface area contributed by atoms with E-state index in [4.69, 9.17) is 4.74 Å². The van der Waals surface area contributed by atoms with Crippen molar-refractivity contribution in [1.29, 1.82) is 0 Å². The maximum absolute atomic E-state index is 14.8. The number of anilines is 1. The van der Waals surface area contributed by atoms with Crippen LogP contribution in [0.2, 0.25) is 0 Å². The number of nitrogens with one attached hydrogen (secondary N) is 1. The number of aliphatic hydroxyl groups is 2. The Morgan fingerprint density at radius 1 is 0.936 bits per heavy atom. The summed E-state index contributed by atoms with van der Waals surface area (Å²) in [4.78, 5) is 30.4. The molecule has 4 saturated carbocycles. The summed E-state index contributed by atoms with van der Waals surface area (Å²) in [6.07, 6.45) is 18.5. The van der Waals surface area contributed by atoms with Gasteiger partial charge in [-0.3, -0.25) is 4.79 Å². The lowest BCUT2D eigenvalue weighted by atomic mass is 9.32. The van der Waals surface area contributed by atoms with E-state index in [1.54, 1.807) is 12.0 Å². The summed E-state index contributed by atoms with van der Waals surface area (Å²) < 4.78 is 5.34. The molecule has 7 aliphatic rings. The van der Waals surface area contributed by atoms with Gasteiger partial charge in [-0.2, -0.15) is 0 Å². The standard InChI is InChI=1S/C40H56N2O5/c1-36-18-15-30(43)25-38(36)21-22-40(31(26-38)34(44)28-11-6-4-7-12-28)32(36)16-19-37(2)33(40)17-20-39(37,46)27-42(23-10-24-47-3)35(45)41-29-13-8-5-9-14-29/h5,8-9,13-14,21-22,26,28,30,32-33,43,46H,4,6-7,10-12,15-20,23-25,27H2,1-3H3,(H,41,45). The van der Waals surface area contributed by atoms with E-state index in [2.05, 4.69) is 37.4 Å². The lowest BCUT2D eigenvalue weighted by molar-refractivity contribution is -0.178. The lowest BCUT2D eigenvalue weighted by Crippen LogP contribution is -2.67. The van der Waals surface area contributed by atoms with Gasteiger partial charge in [-0.25, -0.2) is 4.79 Å². The molecule has 0 radical (unpaired) electrons. The van der Waals surface area contributed by atoms with Crippen molar-refractivity contribution in [3.63, 3.8) is 0 Å². The molecule has 1 aromatic rings. The van der Waals surface area contributed by atoms with Gasteiger partial charge in [0, 0.05) is 53.7 Å². The van der Waals surface area contributed by atoms with Crippen molar-refractivity contribution in [1.82, 2.24) is 4.90 Å². The number of ether oxygens (including phenoxy) is 1. The van der Waals surface area contributed by atoms with Crippen LogP contribution in [-0.4, -0.2) is 65.4 Å². The normalized spacial score (nSPS) is 40.6. The van der Waals surface area contributed by atoms with Gasteiger partial charge in [-0.05, 0) is 93.6 Å². The quantitative estimate of drug-likeness (QED) is 0.194. The molecule has 0 saturated heterocycles. The molecule has 7 heteroatoms. The zero-order chi connectivity index (χ0) is 33.1. The first kappa shape index (κ1) is 33.0. The largest absolute Gasteiger partial charge is 0.393 e. The Kier molecular flexibility index (Phi) is 8.53. The second-order valence-electron chi connectivity index (χ2n) is 16.6. The molecule has 0 heterocycles. The van der Waals surface area contributed by atoms with E-state index in [0.29, 0.717) is 44.1 Å². The Labute approximate surface area is 281 Å². The SMILES string of the molecule is COCCCN(CC1(O)CCC2C34C=CC5(C=C3C(=O)C3CCCCC3)CC(O)CCC5(C)C4CCC21C)C(=O)Nc1ccccc1. The van der Waals surface area contributed by atoms with Gasteiger partial charge in [0.2, 0.25) is 0 Å². The Morgan fingerprint density at radius 2 is 1.64 bits per heavy atom. The third-order valence-corrected chi connectivity index (χ3v) is 14.5. The third-order valence-electron chi connectivity index (χ3n) is 14.5. The number of methoxy groups -OCH3 is 1. The Hall–Kier alpha value is -2.48. The molecule has 2 amide bonds. The minimum Gasteiger partial charge on any atom is -0.393 e. The summed E-state index contributed by atoms with van der Waals surface area (Å²) in [6.45, 7) is 5.97. The number of hydrogen-bond acceptors (Lipinski definition) is 5. The van der Waals surface area contributed by atoms with Gasteiger partial charge in [0.25, 0.3) is 0 Å². The van der Waals surface area contributed by atoms with Gasteiger partial charge in [-0.15, -0.1) is 0 Å². The van der Waals surface area contributed by atoms with Crippen LogP contribution in [0.1, 0.15) is 97.3 Å². The fraction of sp³-hybridized carbons (Fsp3) is 0.700. The molecule has 0 aliphatic heterocycles. The molecule has 1 aromatic carbocycles. The van der Waals surface area contributed by atoms with Gasteiger partial charge < -0.3 is 25.2 Å². The summed E-state index contributed by atoms with van der Waals surface area (Å²) in [7, 11) is 1.67. The molecule has 8 unspecified atom stereocenters. The minimum atomic E-state index is -1.10. The summed E-state index contributed by atoms with van der Waals surface area (Å²) in [6, 6.07) is 9.30. The summed E-state index contributed by atoms with van der Waals surface area (Å²) in [5, 5.41) is 26.9. The van der Waals surface area contributed by atoms with Crippen molar-refractivity contribution in [3.05, 3.63) is 54.1 Å². The van der Waals surface area contributed by atoms with E-state index in [-0.39, 0.29) is 41.3 Å². The highest BCUT2D eigenvalue weighted by atomic mass is 16.5. The maximum atomic E-state index is 14.8. The average Bonchev–Trinajstić information content (AvgIpc) is 3.34. The number of nitrogens with zero attached hydrogens (tertiary/aromatic N) is 1. The smallest absolute Gasteiger partial charge is 0.321 e. The maximum Gasteiger partial charge on any atom is 0.321 e. The van der Waals surface area contributed by atoms with Gasteiger partial charge in [0.05, 0.1) is 18.2 Å². The highest BCUT2D eigenvalue weighted by molar-refractivity contribution is 6.00. The number of ketones is 1. The second kappa shape index (κ2) is 12.1. The van der Waals surface area contributed by atoms with E-state index in [1.807, 2.05) is 30.3 Å². The zero-order valence-electron chi connectivity index (χ0n) is 28.8. The van der Waals surface area contributed by atoms with E-state index >= 15 is 0 Å². The summed E-state index contributed by atoms with van der Waals surface area (Å²) in [5.74, 6) is 0.789. The fourth-order valence-corrected chi connectivity index (χ4v) is 11.9. The van der Waals surface area contributed by atoms with Gasteiger partial charge >= 0.3 is 6.03 Å². The minimum absolute atomic E-state index is 0.0406. The van der Waals surface area contributed by atoms with Crippen LogP contribution in [-0.2, 0) is 9.53 Å². The van der Waals surface area contributed by atoms with Crippen molar-refractivity contribution >= 4 is 17.5 Å². The van der Waals surface area contributed by atoms with Crippen LogP contribution in [0, 0.1) is 39.4 Å². The highest BCUT2D eigenvalue weighted by Crippen LogP contribution is 2.78. The second-order valence-corrected chi connectivity index (χ2v) is 16.6. The number of Topliss-reactive ketones (excluding diaryl/α,β-unsaturated/α-hetero) is 1. The Balaban J connectivity index is 1.25. The monoisotopic (exact) mass is 644 g/mol. The molecular formula is C40H56N2O5. The average molecular weight is 645 g/mol. The Morgan fingerprint density at radius 3 is 2.38 bits per heavy atom. The van der Waals surface area contributed by atoms with Crippen LogP contribution in [0.15, 0.2) is 54.1 Å². The van der Waals surface area contributed by atoms with E-state index in [9.17, 15) is 19.8 Å². The predicted octanol–water partition coefficient (Wildman–Crippen LogP) is 7.30. The number of carbonyl (C=O) groups excluding carboxylic acids is 2. The number of hydrogen-bond donors (Lipinski definition) is 3. The van der Waals surface area contributed by atoms with E-state index < -0.39 is 16.4 Å².